The van der Waals surface area contributed by atoms with Crippen LogP contribution in [0, 0.1) is 6.92 Å². The van der Waals surface area contributed by atoms with Gasteiger partial charge in [-0.15, -0.1) is 0 Å². The van der Waals surface area contributed by atoms with Crippen molar-refractivity contribution < 1.29 is 9.47 Å². The zero-order valence-corrected chi connectivity index (χ0v) is 13.4. The molecule has 0 heterocycles. The topological polar surface area (TPSA) is 18.5 Å². The maximum Gasteiger partial charge on any atom is 0.0927 e. The third kappa shape index (κ3) is 4.04. The second-order valence-corrected chi connectivity index (χ2v) is 5.93. The largest absolute Gasteiger partial charge is 0.381 e. The summed E-state index contributed by atoms with van der Waals surface area (Å²) in [5.41, 5.74) is 2.59. The van der Waals surface area contributed by atoms with Crippen LogP contribution in [0.1, 0.15) is 42.9 Å². The molecule has 3 heteroatoms. The number of rotatable bonds is 5. The van der Waals surface area contributed by atoms with E-state index in [0.717, 1.165) is 18.2 Å². The molecule has 0 amide bonds. The highest BCUT2D eigenvalue weighted by molar-refractivity contribution is 9.09. The van der Waals surface area contributed by atoms with Crippen molar-refractivity contribution in [3.8, 4) is 0 Å². The van der Waals surface area contributed by atoms with E-state index in [9.17, 15) is 0 Å². The molecule has 3 atom stereocenters. The molecule has 1 fully saturated rings. The van der Waals surface area contributed by atoms with E-state index >= 15 is 0 Å². The van der Waals surface area contributed by atoms with Gasteiger partial charge in [-0.2, -0.15) is 0 Å². The van der Waals surface area contributed by atoms with Crippen molar-refractivity contribution >= 4 is 15.9 Å². The van der Waals surface area contributed by atoms with Gasteiger partial charge in [0.05, 0.1) is 18.3 Å². The lowest BCUT2D eigenvalue weighted by atomic mass is 9.94. The minimum atomic E-state index is 0.141. The Morgan fingerprint density at radius 1 is 1.26 bits per heavy atom. The Hall–Kier alpha value is -0.380. The summed E-state index contributed by atoms with van der Waals surface area (Å²) >= 11 is 3.59. The number of alkyl halides is 1. The van der Waals surface area contributed by atoms with Crippen molar-refractivity contribution in [1.29, 1.82) is 0 Å². The highest BCUT2D eigenvalue weighted by Crippen LogP contribution is 2.30. The van der Waals surface area contributed by atoms with E-state index in [0.29, 0.717) is 12.2 Å². The molecule has 0 aliphatic heterocycles. The first-order chi connectivity index (χ1) is 9.24. The molecule has 19 heavy (non-hydrogen) atoms. The fraction of sp³-hybridized carbons (Fsp3) is 0.625. The quantitative estimate of drug-likeness (QED) is 0.746. The molecule has 1 saturated carbocycles. The Morgan fingerprint density at radius 2 is 2.00 bits per heavy atom. The Labute approximate surface area is 124 Å². The Morgan fingerprint density at radius 3 is 2.68 bits per heavy atom. The van der Waals surface area contributed by atoms with Crippen LogP contribution in [0.25, 0.3) is 0 Å². The third-order valence-corrected chi connectivity index (χ3v) is 4.53. The van der Waals surface area contributed by atoms with Crippen molar-refractivity contribution in [2.45, 2.75) is 50.9 Å². The van der Waals surface area contributed by atoms with Crippen LogP contribution >= 0.6 is 15.9 Å². The van der Waals surface area contributed by atoms with Crippen LogP contribution in [-0.4, -0.2) is 24.6 Å². The Kier molecular flexibility index (Phi) is 5.86. The molecular formula is C16H23BrO2. The first-order valence-electron chi connectivity index (χ1n) is 7.04. The molecule has 1 aliphatic carbocycles. The number of methoxy groups -OCH3 is 1. The van der Waals surface area contributed by atoms with Gasteiger partial charge in [-0.3, -0.25) is 0 Å². The van der Waals surface area contributed by atoms with E-state index in [2.05, 4.69) is 47.1 Å². The van der Waals surface area contributed by atoms with Crippen molar-refractivity contribution in [1.82, 2.24) is 0 Å². The maximum absolute atomic E-state index is 6.31. The highest BCUT2D eigenvalue weighted by Gasteiger charge is 2.25. The second-order valence-electron chi connectivity index (χ2n) is 5.28. The van der Waals surface area contributed by atoms with Crippen molar-refractivity contribution in [2.75, 3.05) is 12.4 Å². The van der Waals surface area contributed by atoms with Gasteiger partial charge in [-0.1, -0.05) is 40.2 Å². The summed E-state index contributed by atoms with van der Waals surface area (Å²) in [6.45, 7) is 2.15. The first kappa shape index (κ1) is 15.0. The number of hydrogen-bond acceptors (Lipinski definition) is 2. The monoisotopic (exact) mass is 326 g/mol. The molecule has 2 nitrogen and oxygen atoms in total. The van der Waals surface area contributed by atoms with E-state index in [1.165, 1.54) is 24.0 Å². The average molecular weight is 327 g/mol. The summed E-state index contributed by atoms with van der Waals surface area (Å²) in [5, 5.41) is 0.839. The molecule has 0 N–H and O–H groups in total. The summed E-state index contributed by atoms with van der Waals surface area (Å²) in [6.07, 6.45) is 5.36. The van der Waals surface area contributed by atoms with Crippen molar-refractivity contribution in [3.05, 3.63) is 35.4 Å². The smallest absolute Gasteiger partial charge is 0.0927 e. The van der Waals surface area contributed by atoms with E-state index in [1.807, 2.05) is 0 Å². The third-order valence-electron chi connectivity index (χ3n) is 3.94. The van der Waals surface area contributed by atoms with Gasteiger partial charge in [0.2, 0.25) is 0 Å². The van der Waals surface area contributed by atoms with Gasteiger partial charge in [0.15, 0.2) is 0 Å². The zero-order valence-electron chi connectivity index (χ0n) is 11.8. The minimum absolute atomic E-state index is 0.141. The molecule has 0 aromatic heterocycles. The average Bonchev–Trinajstić information content (AvgIpc) is 2.46. The zero-order chi connectivity index (χ0) is 13.7. The van der Waals surface area contributed by atoms with Gasteiger partial charge >= 0.3 is 0 Å². The summed E-state index contributed by atoms with van der Waals surface area (Å²) in [4.78, 5) is 0. The normalized spacial score (nSPS) is 25.2. The lowest BCUT2D eigenvalue weighted by Crippen LogP contribution is -2.29. The summed E-state index contributed by atoms with van der Waals surface area (Å²) < 4.78 is 11.8. The van der Waals surface area contributed by atoms with E-state index in [-0.39, 0.29) is 6.10 Å². The van der Waals surface area contributed by atoms with Crippen molar-refractivity contribution in [2.24, 2.45) is 0 Å². The number of hydrogen-bond donors (Lipinski definition) is 0. The maximum atomic E-state index is 6.31. The van der Waals surface area contributed by atoms with Crippen LogP contribution in [0.3, 0.4) is 0 Å². The number of ether oxygens (including phenoxy) is 2. The molecule has 0 bridgehead atoms. The molecule has 0 radical (unpaired) electrons. The van der Waals surface area contributed by atoms with Crippen molar-refractivity contribution in [3.63, 3.8) is 0 Å². The molecule has 0 saturated heterocycles. The molecule has 1 aromatic carbocycles. The second kappa shape index (κ2) is 7.41. The van der Waals surface area contributed by atoms with Crippen LogP contribution in [0.5, 0.6) is 0 Å². The lowest BCUT2D eigenvalue weighted by Gasteiger charge is -2.31. The first-order valence-corrected chi connectivity index (χ1v) is 8.16. The fourth-order valence-corrected chi connectivity index (χ4v) is 3.31. The van der Waals surface area contributed by atoms with Gasteiger partial charge in [0.1, 0.15) is 0 Å². The number of benzene rings is 1. The van der Waals surface area contributed by atoms with Crippen LogP contribution < -0.4 is 0 Å². The predicted octanol–water partition coefficient (Wildman–Crippen LogP) is 4.41. The molecule has 1 aliphatic rings. The van der Waals surface area contributed by atoms with E-state index < -0.39 is 0 Å². The Balaban J connectivity index is 2.01. The predicted molar refractivity (Wildman–Crippen MR) is 81.9 cm³/mol. The van der Waals surface area contributed by atoms with Crippen LogP contribution in [0.15, 0.2) is 24.3 Å². The van der Waals surface area contributed by atoms with Crippen LogP contribution in [0.2, 0.25) is 0 Å². The van der Waals surface area contributed by atoms with Gasteiger partial charge < -0.3 is 9.47 Å². The van der Waals surface area contributed by atoms with Gasteiger partial charge in [0.25, 0.3) is 0 Å². The number of aryl methyl sites for hydroxylation is 1. The molecule has 1 aromatic rings. The Bertz CT molecular complexity index is 394. The highest BCUT2D eigenvalue weighted by atomic mass is 79.9. The lowest BCUT2D eigenvalue weighted by molar-refractivity contribution is -0.0585. The molecule has 0 spiro atoms. The van der Waals surface area contributed by atoms with E-state index in [4.69, 9.17) is 9.47 Å². The van der Waals surface area contributed by atoms with E-state index in [1.54, 1.807) is 7.11 Å². The van der Waals surface area contributed by atoms with Gasteiger partial charge in [0, 0.05) is 12.4 Å². The summed E-state index contributed by atoms with van der Waals surface area (Å²) in [5.74, 6) is 0. The summed E-state index contributed by atoms with van der Waals surface area (Å²) in [7, 11) is 1.80. The standard InChI is InChI=1S/C16H23BrO2/c1-12-6-3-4-9-15(12)16(11-17)19-14-8-5-7-13(10-14)18-2/h3-4,6,9,13-14,16H,5,7-8,10-11H2,1-2H3. The minimum Gasteiger partial charge on any atom is -0.381 e. The van der Waals surface area contributed by atoms with Crippen LogP contribution in [0.4, 0.5) is 0 Å². The summed E-state index contributed by atoms with van der Waals surface area (Å²) in [6, 6.07) is 8.47. The molecule has 3 unspecified atom stereocenters. The SMILES string of the molecule is COC1CCCC(OC(CBr)c2ccccc2C)C1. The van der Waals surface area contributed by atoms with Gasteiger partial charge in [-0.25, -0.2) is 0 Å². The fourth-order valence-electron chi connectivity index (χ4n) is 2.81. The van der Waals surface area contributed by atoms with Crippen LogP contribution in [-0.2, 0) is 9.47 Å². The molecule has 106 valence electrons. The van der Waals surface area contributed by atoms with Gasteiger partial charge in [-0.05, 0) is 43.7 Å². The number of halogens is 1. The molecular weight excluding hydrogens is 304 g/mol. The molecule has 2 rings (SSSR count).